The Morgan fingerprint density at radius 1 is 1.03 bits per heavy atom. The Morgan fingerprint density at radius 3 is 2.52 bits per heavy atom. The molecule has 0 aliphatic carbocycles. The highest BCUT2D eigenvalue weighted by molar-refractivity contribution is 9.10. The van der Waals surface area contributed by atoms with Gasteiger partial charge >= 0.3 is 0 Å². The molecule has 0 saturated carbocycles. The zero-order valence-electron chi connectivity index (χ0n) is 17.2. The van der Waals surface area contributed by atoms with Crippen LogP contribution in [0.25, 0.3) is 10.9 Å². The topological polar surface area (TPSA) is 47.2 Å². The van der Waals surface area contributed by atoms with Crippen LogP contribution in [0.15, 0.2) is 97.0 Å². The second-order valence-corrected chi connectivity index (χ2v) is 9.20. The minimum absolute atomic E-state index is 0.148. The van der Waals surface area contributed by atoms with Gasteiger partial charge in [-0.1, -0.05) is 71.4 Å². The van der Waals surface area contributed by atoms with Crippen molar-refractivity contribution in [1.82, 2.24) is 9.66 Å². The van der Waals surface area contributed by atoms with E-state index in [4.69, 9.17) is 4.98 Å². The second kappa shape index (κ2) is 10.1. The van der Waals surface area contributed by atoms with Crippen LogP contribution in [0, 0.1) is 0 Å². The lowest BCUT2D eigenvalue weighted by Gasteiger charge is -2.09. The van der Waals surface area contributed by atoms with E-state index in [1.165, 1.54) is 9.57 Å². The van der Waals surface area contributed by atoms with E-state index in [-0.39, 0.29) is 5.56 Å². The number of aryl methyl sites for hydroxylation is 1. The van der Waals surface area contributed by atoms with Crippen molar-refractivity contribution in [2.75, 3.05) is 0 Å². The molecule has 4 aromatic rings. The lowest BCUT2D eigenvalue weighted by molar-refractivity contribution is 0.675. The molecule has 31 heavy (non-hydrogen) atoms. The lowest BCUT2D eigenvalue weighted by Crippen LogP contribution is -2.22. The van der Waals surface area contributed by atoms with Crippen LogP contribution in [0.4, 0.5) is 0 Å². The predicted molar refractivity (Wildman–Crippen MR) is 132 cm³/mol. The molecule has 1 aromatic heterocycles. The maximum atomic E-state index is 13.1. The fraction of sp³-hybridized carbons (Fsp3) is 0.160. The molecule has 0 aliphatic rings. The summed E-state index contributed by atoms with van der Waals surface area (Å²) in [4.78, 5) is 20.2. The Balaban J connectivity index is 1.63. The van der Waals surface area contributed by atoms with Crippen molar-refractivity contribution in [2.45, 2.75) is 36.0 Å². The highest BCUT2D eigenvalue weighted by Crippen LogP contribution is 2.27. The van der Waals surface area contributed by atoms with Crippen molar-refractivity contribution in [1.29, 1.82) is 0 Å². The Bertz CT molecular complexity index is 1270. The first kappa shape index (κ1) is 21.5. The highest BCUT2D eigenvalue weighted by Gasteiger charge is 2.10. The molecule has 4 rings (SSSR count). The van der Waals surface area contributed by atoms with E-state index in [0.717, 1.165) is 27.8 Å². The second-order valence-electron chi connectivity index (χ2n) is 7.14. The standard InChI is InChI=1S/C25H22BrN3OS/c1-2-3-9-24-28-23-15-12-19(26)16-22(23)25(30)29(24)27-17-18-10-13-21(14-11-18)31-20-7-5-4-6-8-20/h4-8,10-17H,2-3,9H2,1H3. The fourth-order valence-corrected chi connectivity index (χ4v) is 4.38. The van der Waals surface area contributed by atoms with Crippen molar-refractivity contribution in [3.8, 4) is 0 Å². The van der Waals surface area contributed by atoms with Crippen LogP contribution in [0.1, 0.15) is 31.2 Å². The fourth-order valence-electron chi connectivity index (χ4n) is 3.18. The molecule has 0 bridgehead atoms. The molecule has 0 N–H and O–H groups in total. The summed E-state index contributed by atoms with van der Waals surface area (Å²) in [5.41, 5.74) is 1.48. The third-order valence-electron chi connectivity index (χ3n) is 4.81. The van der Waals surface area contributed by atoms with Crippen LogP contribution < -0.4 is 5.56 Å². The summed E-state index contributed by atoms with van der Waals surface area (Å²) in [6.07, 6.45) is 4.41. The van der Waals surface area contributed by atoms with E-state index in [0.29, 0.717) is 23.1 Å². The van der Waals surface area contributed by atoms with Crippen LogP contribution in [-0.4, -0.2) is 15.9 Å². The van der Waals surface area contributed by atoms with Crippen molar-refractivity contribution in [3.63, 3.8) is 0 Å². The van der Waals surface area contributed by atoms with E-state index >= 15 is 0 Å². The van der Waals surface area contributed by atoms with E-state index in [1.54, 1.807) is 24.0 Å². The molecule has 0 radical (unpaired) electrons. The molecule has 0 atom stereocenters. The number of hydrogen-bond donors (Lipinski definition) is 0. The van der Waals surface area contributed by atoms with Crippen LogP contribution >= 0.6 is 27.7 Å². The number of benzene rings is 3. The number of fused-ring (bicyclic) bond motifs is 1. The molecule has 156 valence electrons. The molecule has 0 amide bonds. The van der Waals surface area contributed by atoms with Gasteiger partial charge in [0, 0.05) is 20.7 Å². The quantitative estimate of drug-likeness (QED) is 0.276. The van der Waals surface area contributed by atoms with Crippen molar-refractivity contribution < 1.29 is 0 Å². The van der Waals surface area contributed by atoms with Gasteiger partial charge in [-0.2, -0.15) is 9.78 Å². The van der Waals surface area contributed by atoms with Crippen LogP contribution in [-0.2, 0) is 6.42 Å². The first-order valence-corrected chi connectivity index (χ1v) is 11.8. The predicted octanol–water partition coefficient (Wildman–Crippen LogP) is 6.54. The van der Waals surface area contributed by atoms with Gasteiger partial charge in [0.15, 0.2) is 0 Å². The molecule has 0 unspecified atom stereocenters. The summed E-state index contributed by atoms with van der Waals surface area (Å²) < 4.78 is 2.29. The van der Waals surface area contributed by atoms with Gasteiger partial charge in [-0.05, 0) is 54.4 Å². The number of rotatable bonds is 7. The number of nitrogens with zero attached hydrogens (tertiary/aromatic N) is 3. The Hall–Kier alpha value is -2.70. The SMILES string of the molecule is CCCCc1nc2ccc(Br)cc2c(=O)n1N=Cc1ccc(Sc2ccccc2)cc1. The molecule has 0 spiro atoms. The van der Waals surface area contributed by atoms with Gasteiger partial charge in [0.05, 0.1) is 17.1 Å². The Kier molecular flexibility index (Phi) is 6.99. The molecule has 3 aromatic carbocycles. The molecule has 0 fully saturated rings. The van der Waals surface area contributed by atoms with Gasteiger partial charge in [-0.25, -0.2) is 4.98 Å². The first-order valence-electron chi connectivity index (χ1n) is 10.2. The minimum Gasteiger partial charge on any atom is -0.267 e. The maximum Gasteiger partial charge on any atom is 0.282 e. The van der Waals surface area contributed by atoms with Gasteiger partial charge in [-0.15, -0.1) is 0 Å². The first-order chi connectivity index (χ1) is 15.1. The van der Waals surface area contributed by atoms with E-state index in [9.17, 15) is 4.79 Å². The average molecular weight is 492 g/mol. The molecule has 6 heteroatoms. The Morgan fingerprint density at radius 2 is 1.77 bits per heavy atom. The average Bonchev–Trinajstić information content (AvgIpc) is 2.79. The van der Waals surface area contributed by atoms with Crippen molar-refractivity contribution in [2.24, 2.45) is 5.10 Å². The van der Waals surface area contributed by atoms with Crippen molar-refractivity contribution in [3.05, 3.63) is 99.0 Å². The third kappa shape index (κ3) is 5.32. The smallest absolute Gasteiger partial charge is 0.267 e. The monoisotopic (exact) mass is 491 g/mol. The normalized spacial score (nSPS) is 11.4. The van der Waals surface area contributed by atoms with Crippen LogP contribution in [0.3, 0.4) is 0 Å². The molecule has 0 aliphatic heterocycles. The van der Waals surface area contributed by atoms with Gasteiger partial charge in [0.25, 0.3) is 5.56 Å². The zero-order chi connectivity index (χ0) is 21.6. The summed E-state index contributed by atoms with van der Waals surface area (Å²) >= 11 is 5.15. The van der Waals surface area contributed by atoms with Gasteiger partial charge in [0.1, 0.15) is 5.82 Å². The largest absolute Gasteiger partial charge is 0.282 e. The summed E-state index contributed by atoms with van der Waals surface area (Å²) in [5.74, 6) is 0.689. The van der Waals surface area contributed by atoms with E-state index in [1.807, 2.05) is 42.5 Å². The maximum absolute atomic E-state index is 13.1. The third-order valence-corrected chi connectivity index (χ3v) is 6.32. The molecular weight excluding hydrogens is 470 g/mol. The van der Waals surface area contributed by atoms with Gasteiger partial charge < -0.3 is 0 Å². The molecule has 0 saturated heterocycles. The molecule has 4 nitrogen and oxygen atoms in total. The Labute approximate surface area is 194 Å². The lowest BCUT2D eigenvalue weighted by atomic mass is 10.2. The van der Waals surface area contributed by atoms with E-state index < -0.39 is 0 Å². The van der Waals surface area contributed by atoms with Gasteiger partial charge in [0.2, 0.25) is 0 Å². The minimum atomic E-state index is -0.148. The number of halogens is 1. The summed E-state index contributed by atoms with van der Waals surface area (Å²) in [7, 11) is 0. The van der Waals surface area contributed by atoms with E-state index in [2.05, 4.69) is 52.2 Å². The molecule has 1 heterocycles. The summed E-state index contributed by atoms with van der Waals surface area (Å²) in [6.45, 7) is 2.12. The van der Waals surface area contributed by atoms with Crippen LogP contribution in [0.2, 0.25) is 0 Å². The summed E-state index contributed by atoms with van der Waals surface area (Å²) in [5, 5.41) is 5.07. The number of unbranched alkanes of at least 4 members (excludes halogenated alkanes) is 1. The number of aromatic nitrogens is 2. The zero-order valence-corrected chi connectivity index (χ0v) is 19.6. The number of hydrogen-bond acceptors (Lipinski definition) is 4. The van der Waals surface area contributed by atoms with Crippen LogP contribution in [0.5, 0.6) is 0 Å². The highest BCUT2D eigenvalue weighted by atomic mass is 79.9. The molecular formula is C25H22BrN3OS. The summed E-state index contributed by atoms with van der Waals surface area (Å²) in [6, 6.07) is 24.0. The van der Waals surface area contributed by atoms with Crippen molar-refractivity contribution >= 4 is 44.8 Å². The van der Waals surface area contributed by atoms with Gasteiger partial charge in [-0.3, -0.25) is 4.79 Å².